The second-order valence-electron chi connectivity index (χ2n) is 8.21. The van der Waals surface area contributed by atoms with Crippen molar-refractivity contribution in [1.29, 1.82) is 0 Å². The molecule has 0 radical (unpaired) electrons. The number of pyridine rings is 1. The van der Waals surface area contributed by atoms with Gasteiger partial charge in [0.2, 0.25) is 0 Å². The molecule has 1 amide bonds. The molecule has 0 aliphatic heterocycles. The third-order valence-corrected chi connectivity index (χ3v) is 6.33. The van der Waals surface area contributed by atoms with Gasteiger partial charge in [-0.3, -0.25) is 4.79 Å². The predicted molar refractivity (Wildman–Crippen MR) is 147 cm³/mol. The van der Waals surface area contributed by atoms with Gasteiger partial charge >= 0.3 is 0 Å². The molecule has 1 heterocycles. The van der Waals surface area contributed by atoms with E-state index in [1.165, 1.54) is 6.07 Å². The lowest BCUT2D eigenvalue weighted by atomic mass is 10.0. The Hall–Kier alpha value is -4.36. The minimum atomic E-state index is -0.337. The largest absolute Gasteiger partial charge is 0.488 e. The van der Waals surface area contributed by atoms with Crippen LogP contribution in [-0.4, -0.2) is 17.1 Å². The molecule has 1 aromatic heterocycles. The standard InChI is InChI=1S/C30H21BrFN3O2/c31-25-16-20(14-15-29(25)37-19-22-10-4-6-12-26(22)32)18-33-35-30(36)24-17-28(21-8-2-1-3-9-21)34-27-13-7-5-11-23(24)27/h1-18H,19H2,(H,35,36)/b33-18+. The zero-order valence-electron chi connectivity index (χ0n) is 19.6. The van der Waals surface area contributed by atoms with E-state index in [0.717, 1.165) is 22.0 Å². The zero-order chi connectivity index (χ0) is 25.6. The van der Waals surface area contributed by atoms with Crippen molar-refractivity contribution in [2.24, 2.45) is 5.10 Å². The normalized spacial score (nSPS) is 11.1. The van der Waals surface area contributed by atoms with Crippen molar-refractivity contribution in [3.05, 3.63) is 130 Å². The van der Waals surface area contributed by atoms with Crippen molar-refractivity contribution in [1.82, 2.24) is 10.4 Å². The van der Waals surface area contributed by atoms with E-state index < -0.39 is 0 Å². The first kappa shape index (κ1) is 24.3. The van der Waals surface area contributed by atoms with Crippen LogP contribution in [0.3, 0.4) is 0 Å². The number of nitrogens with one attached hydrogen (secondary N) is 1. The van der Waals surface area contributed by atoms with E-state index in [9.17, 15) is 9.18 Å². The van der Waals surface area contributed by atoms with Crippen LogP contribution in [-0.2, 0) is 6.61 Å². The fourth-order valence-corrected chi connectivity index (χ4v) is 4.34. The number of para-hydroxylation sites is 1. The Labute approximate surface area is 221 Å². The minimum absolute atomic E-state index is 0.111. The topological polar surface area (TPSA) is 63.6 Å². The van der Waals surface area contributed by atoms with Crippen molar-refractivity contribution < 1.29 is 13.9 Å². The number of aromatic nitrogens is 1. The molecule has 0 aliphatic rings. The first-order chi connectivity index (χ1) is 18.1. The van der Waals surface area contributed by atoms with Crippen LogP contribution in [0.2, 0.25) is 0 Å². The van der Waals surface area contributed by atoms with Crippen molar-refractivity contribution in [3.8, 4) is 17.0 Å². The molecule has 0 saturated heterocycles. The number of benzene rings is 4. The number of hydrogen-bond acceptors (Lipinski definition) is 4. The van der Waals surface area contributed by atoms with Crippen LogP contribution in [0.25, 0.3) is 22.2 Å². The highest BCUT2D eigenvalue weighted by Gasteiger charge is 2.13. The number of carbonyl (C=O) groups excluding carboxylic acids is 1. The molecule has 0 unspecified atom stereocenters. The van der Waals surface area contributed by atoms with E-state index in [1.807, 2.05) is 60.7 Å². The highest BCUT2D eigenvalue weighted by atomic mass is 79.9. The number of hydrogen-bond donors (Lipinski definition) is 1. The summed E-state index contributed by atoms with van der Waals surface area (Å²) in [6.45, 7) is 0.111. The lowest BCUT2D eigenvalue weighted by molar-refractivity contribution is 0.0956. The lowest BCUT2D eigenvalue weighted by Gasteiger charge is -2.10. The van der Waals surface area contributed by atoms with E-state index in [2.05, 4.69) is 26.5 Å². The smallest absolute Gasteiger partial charge is 0.272 e. The summed E-state index contributed by atoms with van der Waals surface area (Å²) in [5, 5.41) is 4.89. The number of carbonyl (C=O) groups is 1. The van der Waals surface area contributed by atoms with Gasteiger partial charge in [0.1, 0.15) is 18.2 Å². The molecular formula is C30H21BrFN3O2. The van der Waals surface area contributed by atoms with Crippen LogP contribution < -0.4 is 10.2 Å². The summed E-state index contributed by atoms with van der Waals surface area (Å²) in [6, 6.07) is 30.9. The van der Waals surface area contributed by atoms with Crippen LogP contribution in [0.15, 0.2) is 113 Å². The predicted octanol–water partition coefficient (Wildman–Crippen LogP) is 7.15. The van der Waals surface area contributed by atoms with Gasteiger partial charge in [-0.2, -0.15) is 5.10 Å². The summed E-state index contributed by atoms with van der Waals surface area (Å²) >= 11 is 3.48. The molecule has 1 N–H and O–H groups in total. The summed E-state index contributed by atoms with van der Waals surface area (Å²) in [5.41, 5.74) is 6.69. The van der Waals surface area contributed by atoms with Crippen molar-refractivity contribution in [3.63, 3.8) is 0 Å². The molecule has 5 nitrogen and oxygen atoms in total. The summed E-state index contributed by atoms with van der Waals surface area (Å²) in [5.74, 6) is -0.0759. The number of rotatable bonds is 7. The SMILES string of the molecule is O=C(N/N=C/c1ccc(OCc2ccccc2F)c(Br)c1)c1cc(-c2ccccc2)nc2ccccc12. The maximum absolute atomic E-state index is 13.8. The van der Waals surface area contributed by atoms with Gasteiger partial charge < -0.3 is 4.74 Å². The van der Waals surface area contributed by atoms with E-state index in [0.29, 0.717) is 27.0 Å². The van der Waals surface area contributed by atoms with Crippen LogP contribution in [0.5, 0.6) is 5.75 Å². The molecule has 182 valence electrons. The molecular weight excluding hydrogens is 533 g/mol. The van der Waals surface area contributed by atoms with Gasteiger partial charge in [-0.15, -0.1) is 0 Å². The first-order valence-corrected chi connectivity index (χ1v) is 12.3. The number of fused-ring (bicyclic) bond motifs is 1. The summed E-state index contributed by atoms with van der Waals surface area (Å²) in [7, 11) is 0. The molecule has 7 heteroatoms. The van der Waals surface area contributed by atoms with Crippen LogP contribution in [0.4, 0.5) is 4.39 Å². The van der Waals surface area contributed by atoms with Gasteiger partial charge in [-0.05, 0) is 57.9 Å². The van der Waals surface area contributed by atoms with Gasteiger partial charge in [-0.1, -0.05) is 66.7 Å². The summed E-state index contributed by atoms with van der Waals surface area (Å²) in [6.07, 6.45) is 1.55. The van der Waals surface area contributed by atoms with Gasteiger partial charge in [0.05, 0.1) is 27.5 Å². The Morgan fingerprint density at radius 1 is 0.946 bits per heavy atom. The third-order valence-electron chi connectivity index (χ3n) is 5.71. The van der Waals surface area contributed by atoms with Crippen LogP contribution in [0, 0.1) is 5.82 Å². The zero-order valence-corrected chi connectivity index (χ0v) is 21.2. The van der Waals surface area contributed by atoms with E-state index >= 15 is 0 Å². The molecule has 0 fully saturated rings. The maximum atomic E-state index is 13.8. The second-order valence-corrected chi connectivity index (χ2v) is 9.06. The Kier molecular flexibility index (Phi) is 7.33. The number of nitrogens with zero attached hydrogens (tertiary/aromatic N) is 2. The van der Waals surface area contributed by atoms with Gasteiger partial charge in [0.25, 0.3) is 5.91 Å². The molecule has 37 heavy (non-hydrogen) atoms. The average molecular weight is 554 g/mol. The first-order valence-electron chi connectivity index (χ1n) is 11.5. The van der Waals surface area contributed by atoms with Gasteiger partial charge in [0, 0.05) is 16.5 Å². The van der Waals surface area contributed by atoms with E-state index in [-0.39, 0.29) is 18.3 Å². The monoisotopic (exact) mass is 553 g/mol. The highest BCUT2D eigenvalue weighted by molar-refractivity contribution is 9.10. The molecule has 0 saturated carbocycles. The van der Waals surface area contributed by atoms with Crippen LogP contribution in [0.1, 0.15) is 21.5 Å². The molecule has 4 aromatic carbocycles. The third kappa shape index (κ3) is 5.73. The minimum Gasteiger partial charge on any atom is -0.488 e. The molecule has 0 aliphatic carbocycles. The lowest BCUT2D eigenvalue weighted by Crippen LogP contribution is -2.18. The molecule has 0 bridgehead atoms. The molecule has 0 atom stereocenters. The average Bonchev–Trinajstić information content (AvgIpc) is 2.93. The Balaban J connectivity index is 1.30. The molecule has 5 aromatic rings. The van der Waals surface area contributed by atoms with Gasteiger partial charge in [-0.25, -0.2) is 14.8 Å². The van der Waals surface area contributed by atoms with Crippen molar-refractivity contribution in [2.75, 3.05) is 0 Å². The second kappa shape index (κ2) is 11.1. The Bertz CT molecular complexity index is 1610. The van der Waals surface area contributed by atoms with E-state index in [1.54, 1.807) is 42.6 Å². The maximum Gasteiger partial charge on any atom is 0.272 e. The Morgan fingerprint density at radius 2 is 1.70 bits per heavy atom. The number of amides is 1. The van der Waals surface area contributed by atoms with Gasteiger partial charge in [0.15, 0.2) is 0 Å². The quantitative estimate of drug-likeness (QED) is 0.172. The van der Waals surface area contributed by atoms with Crippen molar-refractivity contribution >= 4 is 39.0 Å². The molecule has 5 rings (SSSR count). The summed E-state index contributed by atoms with van der Waals surface area (Å²) < 4.78 is 20.3. The fourth-order valence-electron chi connectivity index (χ4n) is 3.83. The number of ether oxygens (including phenoxy) is 1. The number of hydrazone groups is 1. The Morgan fingerprint density at radius 3 is 2.51 bits per heavy atom. The van der Waals surface area contributed by atoms with E-state index in [4.69, 9.17) is 9.72 Å². The fraction of sp³-hybridized carbons (Fsp3) is 0.0333. The highest BCUT2D eigenvalue weighted by Crippen LogP contribution is 2.27. The van der Waals surface area contributed by atoms with Crippen molar-refractivity contribution in [2.45, 2.75) is 6.61 Å². The summed E-state index contributed by atoms with van der Waals surface area (Å²) in [4.78, 5) is 17.8. The van der Waals surface area contributed by atoms with Crippen LogP contribution >= 0.6 is 15.9 Å². The number of halogens is 2. The molecule has 0 spiro atoms.